The maximum Gasteiger partial charge on any atom is 0.243 e. The number of piperidine rings is 1. The van der Waals surface area contributed by atoms with Gasteiger partial charge in [-0.15, -0.1) is 0 Å². The normalized spacial score (nSPS) is 19.6. The predicted octanol–water partition coefficient (Wildman–Crippen LogP) is 1.48. The number of benzene rings is 1. The number of nitrogens with zero attached hydrogens (tertiary/aromatic N) is 2. The van der Waals surface area contributed by atoms with Crippen molar-refractivity contribution in [3.05, 3.63) is 24.3 Å². The number of hydrogen-bond acceptors (Lipinski definition) is 5. The Labute approximate surface area is 167 Å². The van der Waals surface area contributed by atoms with Crippen molar-refractivity contribution in [3.8, 4) is 0 Å². The molecule has 2 heterocycles. The van der Waals surface area contributed by atoms with E-state index in [9.17, 15) is 8.42 Å². The Balaban J connectivity index is 1.47. The molecule has 0 bridgehead atoms. The molecule has 0 aromatic heterocycles. The van der Waals surface area contributed by atoms with Gasteiger partial charge >= 0.3 is 0 Å². The first kappa shape index (κ1) is 20.5. The zero-order valence-corrected chi connectivity index (χ0v) is 17.2. The molecule has 2 aliphatic rings. The summed E-state index contributed by atoms with van der Waals surface area (Å²) in [5, 5.41) is 6.83. The van der Waals surface area contributed by atoms with Crippen molar-refractivity contribution >= 4 is 33.0 Å². The third kappa shape index (κ3) is 5.86. The Morgan fingerprint density at radius 1 is 1.04 bits per heavy atom. The van der Waals surface area contributed by atoms with Gasteiger partial charge in [-0.2, -0.15) is 4.31 Å². The molecule has 7 nitrogen and oxygen atoms in total. The van der Waals surface area contributed by atoms with E-state index in [1.807, 2.05) is 0 Å². The predicted molar refractivity (Wildman–Crippen MR) is 111 cm³/mol. The van der Waals surface area contributed by atoms with Gasteiger partial charge < -0.3 is 15.4 Å². The fraction of sp³-hybridized carbons (Fsp3) is 0.611. The average Bonchev–Trinajstić information content (AvgIpc) is 2.70. The minimum Gasteiger partial charge on any atom is -0.379 e. The Morgan fingerprint density at radius 3 is 2.37 bits per heavy atom. The summed E-state index contributed by atoms with van der Waals surface area (Å²) in [6.45, 7) is 6.37. The van der Waals surface area contributed by atoms with Gasteiger partial charge in [0, 0.05) is 45.0 Å². The van der Waals surface area contributed by atoms with Gasteiger partial charge in [0.25, 0.3) is 0 Å². The molecule has 0 unspecified atom stereocenters. The number of morpholine rings is 1. The summed E-state index contributed by atoms with van der Waals surface area (Å²) in [6.07, 6.45) is 2.97. The second-order valence-corrected chi connectivity index (χ2v) is 9.17. The number of rotatable bonds is 6. The van der Waals surface area contributed by atoms with Crippen LogP contribution in [0.5, 0.6) is 0 Å². The lowest BCUT2D eigenvalue weighted by Gasteiger charge is -2.26. The first-order valence-corrected chi connectivity index (χ1v) is 11.4. The van der Waals surface area contributed by atoms with Gasteiger partial charge in [-0.05, 0) is 49.3 Å². The summed E-state index contributed by atoms with van der Waals surface area (Å²) < 4.78 is 32.2. The van der Waals surface area contributed by atoms with Gasteiger partial charge in [-0.1, -0.05) is 6.42 Å². The SMILES string of the molecule is O=S(=O)(c1ccc(NC(=S)NCCN2CCOCC2)cc1)N1CCCCC1. The molecule has 150 valence electrons. The van der Waals surface area contributed by atoms with E-state index in [0.29, 0.717) is 23.1 Å². The summed E-state index contributed by atoms with van der Waals surface area (Å²) in [5.41, 5.74) is 0.775. The van der Waals surface area contributed by atoms with Gasteiger partial charge in [0.05, 0.1) is 18.1 Å². The van der Waals surface area contributed by atoms with Crippen molar-refractivity contribution in [2.45, 2.75) is 24.2 Å². The summed E-state index contributed by atoms with van der Waals surface area (Å²) in [7, 11) is -3.39. The molecule has 0 spiro atoms. The minimum atomic E-state index is -3.39. The Kier molecular flexibility index (Phi) is 7.42. The summed E-state index contributed by atoms with van der Waals surface area (Å²) in [6, 6.07) is 6.80. The second kappa shape index (κ2) is 9.79. The smallest absolute Gasteiger partial charge is 0.243 e. The highest BCUT2D eigenvalue weighted by atomic mass is 32.2. The van der Waals surface area contributed by atoms with Gasteiger partial charge in [-0.3, -0.25) is 4.90 Å². The van der Waals surface area contributed by atoms with Crippen LogP contribution in [-0.4, -0.2) is 75.2 Å². The van der Waals surface area contributed by atoms with E-state index in [4.69, 9.17) is 17.0 Å². The quantitative estimate of drug-likeness (QED) is 0.686. The van der Waals surface area contributed by atoms with Crippen LogP contribution in [0, 0.1) is 0 Å². The lowest BCUT2D eigenvalue weighted by atomic mass is 10.2. The second-order valence-electron chi connectivity index (χ2n) is 6.82. The fourth-order valence-electron chi connectivity index (χ4n) is 3.29. The van der Waals surface area contributed by atoms with Gasteiger partial charge in [-0.25, -0.2) is 8.42 Å². The van der Waals surface area contributed by atoms with Crippen LogP contribution in [-0.2, 0) is 14.8 Å². The molecule has 1 aromatic carbocycles. The molecular weight excluding hydrogens is 384 g/mol. The first-order valence-electron chi connectivity index (χ1n) is 9.51. The number of ether oxygens (including phenoxy) is 1. The number of hydrogen-bond donors (Lipinski definition) is 2. The lowest BCUT2D eigenvalue weighted by molar-refractivity contribution is 0.0389. The van der Waals surface area contributed by atoms with Gasteiger partial charge in [0.2, 0.25) is 10.0 Å². The number of sulfonamides is 1. The van der Waals surface area contributed by atoms with Crippen molar-refractivity contribution in [1.29, 1.82) is 0 Å². The molecule has 2 fully saturated rings. The van der Waals surface area contributed by atoms with Crippen LogP contribution in [0.4, 0.5) is 5.69 Å². The zero-order valence-electron chi connectivity index (χ0n) is 15.5. The fourth-order valence-corrected chi connectivity index (χ4v) is 5.03. The van der Waals surface area contributed by atoms with Crippen molar-refractivity contribution in [1.82, 2.24) is 14.5 Å². The lowest BCUT2D eigenvalue weighted by Crippen LogP contribution is -2.42. The van der Waals surface area contributed by atoms with Crippen molar-refractivity contribution < 1.29 is 13.2 Å². The zero-order chi connectivity index (χ0) is 19.1. The highest BCUT2D eigenvalue weighted by Crippen LogP contribution is 2.21. The molecule has 3 rings (SSSR count). The van der Waals surface area contributed by atoms with Crippen LogP contribution in [0.25, 0.3) is 0 Å². The summed E-state index contributed by atoms with van der Waals surface area (Å²) in [4.78, 5) is 2.67. The molecule has 0 amide bonds. The minimum absolute atomic E-state index is 0.334. The molecule has 9 heteroatoms. The molecule has 2 saturated heterocycles. The van der Waals surface area contributed by atoms with E-state index in [0.717, 1.165) is 64.3 Å². The Morgan fingerprint density at radius 2 is 1.70 bits per heavy atom. The van der Waals surface area contributed by atoms with E-state index < -0.39 is 10.0 Å². The summed E-state index contributed by atoms with van der Waals surface area (Å²) in [5.74, 6) is 0. The average molecular weight is 413 g/mol. The van der Waals surface area contributed by atoms with Crippen LogP contribution >= 0.6 is 12.2 Å². The monoisotopic (exact) mass is 412 g/mol. The maximum absolute atomic E-state index is 12.7. The van der Waals surface area contributed by atoms with E-state index in [-0.39, 0.29) is 0 Å². The highest BCUT2D eigenvalue weighted by molar-refractivity contribution is 7.89. The van der Waals surface area contributed by atoms with Crippen LogP contribution < -0.4 is 10.6 Å². The Bertz CT molecular complexity index is 713. The van der Waals surface area contributed by atoms with Crippen LogP contribution in [0.1, 0.15) is 19.3 Å². The molecule has 27 heavy (non-hydrogen) atoms. The Hall–Kier alpha value is -1.26. The molecule has 0 aliphatic carbocycles. The van der Waals surface area contributed by atoms with Crippen LogP contribution in [0.2, 0.25) is 0 Å². The molecular formula is C18H28N4O3S2. The van der Waals surface area contributed by atoms with Crippen LogP contribution in [0.15, 0.2) is 29.2 Å². The number of nitrogens with one attached hydrogen (secondary N) is 2. The van der Waals surface area contributed by atoms with Gasteiger partial charge in [0.1, 0.15) is 0 Å². The molecule has 0 saturated carbocycles. The maximum atomic E-state index is 12.7. The van der Waals surface area contributed by atoms with E-state index in [2.05, 4.69) is 15.5 Å². The van der Waals surface area contributed by atoms with Crippen LogP contribution in [0.3, 0.4) is 0 Å². The first-order chi connectivity index (χ1) is 13.1. The standard InChI is InChI=1S/C18H28N4O3S2/c23-27(24,22-9-2-1-3-10-22)17-6-4-16(5-7-17)20-18(26)19-8-11-21-12-14-25-15-13-21/h4-7H,1-3,8-15H2,(H2,19,20,26). The molecule has 0 atom stereocenters. The number of anilines is 1. The van der Waals surface area contributed by atoms with Crippen molar-refractivity contribution in [3.63, 3.8) is 0 Å². The van der Waals surface area contributed by atoms with Crippen molar-refractivity contribution in [2.75, 3.05) is 57.8 Å². The van der Waals surface area contributed by atoms with E-state index >= 15 is 0 Å². The third-order valence-electron chi connectivity index (χ3n) is 4.88. The van der Waals surface area contributed by atoms with E-state index in [1.54, 1.807) is 28.6 Å². The molecule has 2 aliphatic heterocycles. The molecule has 2 N–H and O–H groups in total. The molecule has 1 aromatic rings. The summed E-state index contributed by atoms with van der Waals surface area (Å²) >= 11 is 5.32. The van der Waals surface area contributed by atoms with E-state index in [1.165, 1.54) is 0 Å². The van der Waals surface area contributed by atoms with Crippen molar-refractivity contribution in [2.24, 2.45) is 0 Å². The highest BCUT2D eigenvalue weighted by Gasteiger charge is 2.25. The largest absolute Gasteiger partial charge is 0.379 e. The third-order valence-corrected chi connectivity index (χ3v) is 7.04. The van der Waals surface area contributed by atoms with Gasteiger partial charge in [0.15, 0.2) is 5.11 Å². The number of thiocarbonyl (C=S) groups is 1. The molecule has 0 radical (unpaired) electrons. The topological polar surface area (TPSA) is 73.9 Å².